The molecule has 3 aromatic carbocycles. The number of fused-ring (bicyclic) bond motifs is 3. The summed E-state index contributed by atoms with van der Waals surface area (Å²) in [6, 6.07) is 12.2. The van der Waals surface area contributed by atoms with Gasteiger partial charge in [-0.1, -0.05) is 12.1 Å². The largest absolute Gasteiger partial charge is 0.456 e. The van der Waals surface area contributed by atoms with E-state index in [0.717, 1.165) is 12.1 Å². The van der Waals surface area contributed by atoms with Crippen molar-refractivity contribution in [3.05, 3.63) is 70.4 Å². The topological polar surface area (TPSA) is 30.2 Å². The van der Waals surface area contributed by atoms with Gasteiger partial charge in [-0.3, -0.25) is 4.79 Å². The molecule has 4 rings (SSSR count). The molecule has 0 bridgehead atoms. The second kappa shape index (κ2) is 4.12. The van der Waals surface area contributed by atoms with Gasteiger partial charge in [-0.05, 0) is 47.2 Å². The minimum Gasteiger partial charge on any atom is -0.456 e. The van der Waals surface area contributed by atoms with Gasteiger partial charge in [-0.25, -0.2) is 8.78 Å². The summed E-state index contributed by atoms with van der Waals surface area (Å²) >= 11 is 0. The Morgan fingerprint density at radius 3 is 2.19 bits per heavy atom. The molecule has 1 aromatic heterocycles. The zero-order valence-electron chi connectivity index (χ0n) is 10.7. The highest BCUT2D eigenvalue weighted by molar-refractivity contribution is 5.99. The standard InChI is InChI=1S/C17H8F2O2/c18-13-6-9-5-12-16(8-10(9)7-14(13)19)21-15-4-2-1-3-11(15)17(12)20/h1-8H. The van der Waals surface area contributed by atoms with Crippen molar-refractivity contribution >= 4 is 32.7 Å². The van der Waals surface area contributed by atoms with Crippen LogP contribution < -0.4 is 5.43 Å². The molecule has 0 aliphatic heterocycles. The van der Waals surface area contributed by atoms with Crippen LogP contribution in [0.2, 0.25) is 0 Å². The third-order valence-electron chi connectivity index (χ3n) is 3.57. The number of hydrogen-bond acceptors (Lipinski definition) is 2. The van der Waals surface area contributed by atoms with Gasteiger partial charge >= 0.3 is 0 Å². The van der Waals surface area contributed by atoms with Crippen LogP contribution in [-0.2, 0) is 0 Å². The smallest absolute Gasteiger partial charge is 0.200 e. The summed E-state index contributed by atoms with van der Waals surface area (Å²) in [6.07, 6.45) is 0. The van der Waals surface area contributed by atoms with Crippen molar-refractivity contribution < 1.29 is 13.2 Å². The lowest BCUT2D eigenvalue weighted by atomic mass is 10.1. The van der Waals surface area contributed by atoms with Crippen molar-refractivity contribution in [1.29, 1.82) is 0 Å². The summed E-state index contributed by atoms with van der Waals surface area (Å²) in [7, 11) is 0. The average molecular weight is 282 g/mol. The third kappa shape index (κ3) is 1.72. The lowest BCUT2D eigenvalue weighted by Crippen LogP contribution is -2.01. The van der Waals surface area contributed by atoms with Crippen LogP contribution in [0.25, 0.3) is 32.7 Å². The third-order valence-corrected chi connectivity index (χ3v) is 3.57. The highest BCUT2D eigenvalue weighted by atomic mass is 19.2. The highest BCUT2D eigenvalue weighted by Gasteiger charge is 2.10. The van der Waals surface area contributed by atoms with Crippen molar-refractivity contribution in [3.8, 4) is 0 Å². The van der Waals surface area contributed by atoms with Gasteiger partial charge in [0.15, 0.2) is 11.6 Å². The monoisotopic (exact) mass is 282 g/mol. The van der Waals surface area contributed by atoms with Crippen LogP contribution in [0.5, 0.6) is 0 Å². The van der Waals surface area contributed by atoms with Gasteiger partial charge in [-0.2, -0.15) is 0 Å². The first-order chi connectivity index (χ1) is 10.1. The van der Waals surface area contributed by atoms with E-state index < -0.39 is 11.6 Å². The highest BCUT2D eigenvalue weighted by Crippen LogP contribution is 2.25. The van der Waals surface area contributed by atoms with E-state index in [1.165, 1.54) is 6.07 Å². The number of rotatable bonds is 0. The molecule has 2 nitrogen and oxygen atoms in total. The Morgan fingerprint density at radius 2 is 1.43 bits per heavy atom. The summed E-state index contributed by atoms with van der Waals surface area (Å²) < 4.78 is 32.3. The Labute approximate surface area is 117 Å². The van der Waals surface area contributed by atoms with Crippen LogP contribution in [-0.4, -0.2) is 0 Å². The van der Waals surface area contributed by atoms with E-state index in [9.17, 15) is 13.6 Å². The number of halogens is 2. The van der Waals surface area contributed by atoms with E-state index in [1.54, 1.807) is 30.3 Å². The molecule has 4 aromatic rings. The van der Waals surface area contributed by atoms with Crippen molar-refractivity contribution in [2.24, 2.45) is 0 Å². The molecule has 102 valence electrons. The quantitative estimate of drug-likeness (QED) is 0.448. The predicted octanol–water partition coefficient (Wildman–Crippen LogP) is 4.38. The maximum absolute atomic E-state index is 13.3. The van der Waals surface area contributed by atoms with Gasteiger partial charge < -0.3 is 4.42 Å². The van der Waals surface area contributed by atoms with E-state index in [4.69, 9.17) is 4.42 Å². The molecular formula is C17H8F2O2. The zero-order chi connectivity index (χ0) is 14.6. The molecule has 0 amide bonds. The summed E-state index contributed by atoms with van der Waals surface area (Å²) in [5.41, 5.74) is 0.646. The molecule has 0 atom stereocenters. The van der Waals surface area contributed by atoms with E-state index >= 15 is 0 Å². The molecule has 21 heavy (non-hydrogen) atoms. The molecule has 0 aliphatic carbocycles. The predicted molar refractivity (Wildman–Crippen MR) is 77.4 cm³/mol. The first kappa shape index (κ1) is 12.0. The minimum atomic E-state index is -0.938. The summed E-state index contributed by atoms with van der Waals surface area (Å²) in [6.45, 7) is 0. The van der Waals surface area contributed by atoms with Gasteiger partial charge in [-0.15, -0.1) is 0 Å². The van der Waals surface area contributed by atoms with Gasteiger partial charge in [0.25, 0.3) is 0 Å². The Bertz CT molecular complexity index is 1080. The summed E-state index contributed by atoms with van der Waals surface area (Å²) in [5, 5.41) is 1.77. The average Bonchev–Trinajstić information content (AvgIpc) is 2.48. The van der Waals surface area contributed by atoms with E-state index in [0.29, 0.717) is 32.7 Å². The number of hydrogen-bond donors (Lipinski definition) is 0. The molecule has 0 saturated heterocycles. The summed E-state index contributed by atoms with van der Waals surface area (Å²) in [4.78, 5) is 12.5. The molecule has 1 heterocycles. The molecule has 4 heteroatoms. The molecular weight excluding hydrogens is 274 g/mol. The van der Waals surface area contributed by atoms with Crippen LogP contribution in [0.3, 0.4) is 0 Å². The zero-order valence-corrected chi connectivity index (χ0v) is 10.7. The lowest BCUT2D eigenvalue weighted by molar-refractivity contribution is 0.511. The van der Waals surface area contributed by atoms with Crippen LogP contribution in [0.15, 0.2) is 57.7 Å². The first-order valence-corrected chi connectivity index (χ1v) is 6.38. The van der Waals surface area contributed by atoms with Crippen LogP contribution in [0.4, 0.5) is 8.78 Å². The second-order valence-electron chi connectivity index (χ2n) is 4.89. The van der Waals surface area contributed by atoms with E-state index in [-0.39, 0.29) is 5.43 Å². The van der Waals surface area contributed by atoms with Gasteiger partial charge in [0.1, 0.15) is 11.2 Å². The molecule has 0 fully saturated rings. The minimum absolute atomic E-state index is 0.182. The van der Waals surface area contributed by atoms with Crippen molar-refractivity contribution in [2.75, 3.05) is 0 Å². The van der Waals surface area contributed by atoms with Gasteiger partial charge in [0.05, 0.1) is 10.8 Å². The number of benzene rings is 3. The van der Waals surface area contributed by atoms with Crippen molar-refractivity contribution in [1.82, 2.24) is 0 Å². The fourth-order valence-electron chi connectivity index (χ4n) is 2.54. The van der Waals surface area contributed by atoms with Crippen LogP contribution in [0.1, 0.15) is 0 Å². The molecule has 0 unspecified atom stereocenters. The summed E-state index contributed by atoms with van der Waals surface area (Å²) in [5.74, 6) is -1.86. The fourth-order valence-corrected chi connectivity index (χ4v) is 2.54. The molecule has 0 N–H and O–H groups in total. The van der Waals surface area contributed by atoms with Crippen molar-refractivity contribution in [2.45, 2.75) is 0 Å². The molecule has 0 spiro atoms. The Balaban J connectivity index is 2.23. The van der Waals surface area contributed by atoms with E-state index in [1.807, 2.05) is 0 Å². The molecule has 0 aliphatic rings. The van der Waals surface area contributed by atoms with E-state index in [2.05, 4.69) is 0 Å². The normalized spacial score (nSPS) is 11.5. The second-order valence-corrected chi connectivity index (χ2v) is 4.89. The SMILES string of the molecule is O=c1c2ccccc2oc2cc3cc(F)c(F)cc3cc12. The molecule has 0 saturated carbocycles. The van der Waals surface area contributed by atoms with Gasteiger partial charge in [0, 0.05) is 0 Å². The Hall–Kier alpha value is -2.75. The lowest BCUT2D eigenvalue weighted by Gasteiger charge is -2.04. The van der Waals surface area contributed by atoms with Crippen LogP contribution in [0, 0.1) is 11.6 Å². The Morgan fingerprint density at radius 1 is 0.762 bits per heavy atom. The maximum atomic E-state index is 13.3. The van der Waals surface area contributed by atoms with Crippen LogP contribution >= 0.6 is 0 Å². The first-order valence-electron chi connectivity index (χ1n) is 6.38. The fraction of sp³-hybridized carbons (Fsp3) is 0. The maximum Gasteiger partial charge on any atom is 0.200 e. The molecule has 0 radical (unpaired) electrons. The number of para-hydroxylation sites is 1. The Kier molecular flexibility index (Phi) is 2.36. The van der Waals surface area contributed by atoms with Crippen molar-refractivity contribution in [3.63, 3.8) is 0 Å². The van der Waals surface area contributed by atoms with Gasteiger partial charge in [0.2, 0.25) is 5.43 Å².